The van der Waals surface area contributed by atoms with Crippen LogP contribution >= 0.6 is 11.6 Å². The fourth-order valence-electron chi connectivity index (χ4n) is 1.95. The lowest BCUT2D eigenvalue weighted by molar-refractivity contribution is 0.0679. The van der Waals surface area contributed by atoms with Crippen LogP contribution in [0.1, 0.15) is 33.5 Å². The van der Waals surface area contributed by atoms with E-state index in [4.69, 9.17) is 16.7 Å². The zero-order valence-corrected chi connectivity index (χ0v) is 12.3. The number of carbonyl (C=O) groups is 2. The van der Waals surface area contributed by atoms with Crippen molar-refractivity contribution in [3.63, 3.8) is 0 Å². The molecule has 2 N–H and O–H groups in total. The summed E-state index contributed by atoms with van der Waals surface area (Å²) in [6.07, 6.45) is 2.72. The summed E-state index contributed by atoms with van der Waals surface area (Å²) in [6, 6.07) is 0. The summed E-state index contributed by atoms with van der Waals surface area (Å²) in [7, 11) is 1.46. The van der Waals surface area contributed by atoms with Crippen molar-refractivity contribution in [3.05, 3.63) is 34.4 Å². The Balaban J connectivity index is 2.16. The third-order valence-electron chi connectivity index (χ3n) is 3.00. The molecule has 0 bridgehead atoms. The number of halogens is 1. The van der Waals surface area contributed by atoms with Crippen LogP contribution in [0.2, 0.25) is 5.02 Å². The van der Waals surface area contributed by atoms with Gasteiger partial charge < -0.3 is 10.4 Å². The molecule has 1 amide bonds. The number of aromatic nitrogens is 4. The Morgan fingerprint density at radius 2 is 2.10 bits per heavy atom. The maximum absolute atomic E-state index is 12.1. The number of amides is 1. The standard InChI is InChI=1S/C12H14ClN5O3/c1-3-18-9(8(13)5-16-18)6-14-11(19)7-4-15-17(2)10(7)12(20)21/h4-5H,3,6H2,1-2H3,(H,14,19)(H,20,21). The molecule has 0 fully saturated rings. The third-order valence-corrected chi connectivity index (χ3v) is 3.32. The van der Waals surface area contributed by atoms with Crippen molar-refractivity contribution in [2.45, 2.75) is 20.0 Å². The smallest absolute Gasteiger partial charge is 0.354 e. The number of hydrogen-bond donors (Lipinski definition) is 2. The number of aryl methyl sites for hydroxylation is 2. The third kappa shape index (κ3) is 2.89. The summed E-state index contributed by atoms with van der Waals surface area (Å²) in [5.41, 5.74) is 0.500. The molecular formula is C12H14ClN5O3. The van der Waals surface area contributed by atoms with Crippen molar-refractivity contribution >= 4 is 23.5 Å². The Morgan fingerprint density at radius 1 is 1.38 bits per heavy atom. The first kappa shape index (κ1) is 15.0. The van der Waals surface area contributed by atoms with E-state index in [1.807, 2.05) is 6.92 Å². The number of nitrogens with zero attached hydrogens (tertiary/aromatic N) is 4. The molecule has 0 spiro atoms. The van der Waals surface area contributed by atoms with Gasteiger partial charge in [0.2, 0.25) is 0 Å². The molecule has 0 unspecified atom stereocenters. The van der Waals surface area contributed by atoms with Crippen molar-refractivity contribution in [1.29, 1.82) is 0 Å². The van der Waals surface area contributed by atoms with E-state index < -0.39 is 11.9 Å². The van der Waals surface area contributed by atoms with Gasteiger partial charge in [-0.25, -0.2) is 4.79 Å². The first-order chi connectivity index (χ1) is 9.95. The van der Waals surface area contributed by atoms with Crippen molar-refractivity contribution in [3.8, 4) is 0 Å². The summed E-state index contributed by atoms with van der Waals surface area (Å²) in [5, 5.41) is 20.0. The van der Waals surface area contributed by atoms with E-state index in [1.54, 1.807) is 4.68 Å². The number of hydrogen-bond acceptors (Lipinski definition) is 4. The topological polar surface area (TPSA) is 102 Å². The molecule has 0 aliphatic carbocycles. The summed E-state index contributed by atoms with van der Waals surface area (Å²) in [5.74, 6) is -1.74. The van der Waals surface area contributed by atoms with E-state index in [2.05, 4.69) is 15.5 Å². The van der Waals surface area contributed by atoms with Crippen LogP contribution in [0, 0.1) is 0 Å². The van der Waals surface area contributed by atoms with Crippen LogP contribution in [0.25, 0.3) is 0 Å². The number of rotatable bonds is 5. The monoisotopic (exact) mass is 311 g/mol. The van der Waals surface area contributed by atoms with E-state index >= 15 is 0 Å². The minimum absolute atomic E-state index is 0.00341. The van der Waals surface area contributed by atoms with E-state index in [9.17, 15) is 9.59 Å². The van der Waals surface area contributed by atoms with Crippen LogP contribution in [0.4, 0.5) is 0 Å². The van der Waals surface area contributed by atoms with Crippen molar-refractivity contribution < 1.29 is 14.7 Å². The number of carboxylic acids is 1. The number of aromatic carboxylic acids is 1. The summed E-state index contributed by atoms with van der Waals surface area (Å²) >= 11 is 5.99. The molecule has 0 radical (unpaired) electrons. The highest BCUT2D eigenvalue weighted by Gasteiger charge is 2.21. The molecule has 2 aromatic rings. The molecule has 112 valence electrons. The van der Waals surface area contributed by atoms with Crippen LogP contribution in [-0.2, 0) is 20.1 Å². The van der Waals surface area contributed by atoms with Gasteiger partial charge in [-0.2, -0.15) is 10.2 Å². The summed E-state index contributed by atoms with van der Waals surface area (Å²) < 4.78 is 2.80. The van der Waals surface area contributed by atoms with Gasteiger partial charge in [0, 0.05) is 13.6 Å². The van der Waals surface area contributed by atoms with Gasteiger partial charge in [0.05, 0.1) is 35.2 Å². The lowest BCUT2D eigenvalue weighted by Crippen LogP contribution is -2.26. The van der Waals surface area contributed by atoms with E-state index in [0.717, 1.165) is 4.68 Å². The summed E-state index contributed by atoms with van der Waals surface area (Å²) in [4.78, 5) is 23.2. The minimum atomic E-state index is -1.21. The number of nitrogens with one attached hydrogen (secondary N) is 1. The fourth-order valence-corrected chi connectivity index (χ4v) is 2.16. The van der Waals surface area contributed by atoms with E-state index in [-0.39, 0.29) is 17.8 Å². The van der Waals surface area contributed by atoms with E-state index in [0.29, 0.717) is 17.3 Å². The highest BCUT2D eigenvalue weighted by atomic mass is 35.5. The van der Waals surface area contributed by atoms with Crippen molar-refractivity contribution in [2.75, 3.05) is 0 Å². The quantitative estimate of drug-likeness (QED) is 0.854. The molecule has 0 aliphatic rings. The first-order valence-corrected chi connectivity index (χ1v) is 6.57. The Hall–Kier alpha value is -2.35. The SMILES string of the molecule is CCn1ncc(Cl)c1CNC(=O)c1cnn(C)c1C(=O)O. The van der Waals surface area contributed by atoms with Gasteiger partial charge in [0.25, 0.3) is 5.91 Å². The zero-order chi connectivity index (χ0) is 15.6. The average molecular weight is 312 g/mol. The lowest BCUT2D eigenvalue weighted by Gasteiger charge is -2.07. The Bertz CT molecular complexity index is 691. The highest BCUT2D eigenvalue weighted by Crippen LogP contribution is 2.15. The Labute approximate surface area is 125 Å². The molecule has 0 atom stereocenters. The molecule has 0 saturated carbocycles. The molecule has 9 heteroatoms. The Kier molecular flexibility index (Phi) is 4.27. The van der Waals surface area contributed by atoms with Crippen LogP contribution in [0.3, 0.4) is 0 Å². The predicted octanol–water partition coefficient (Wildman–Crippen LogP) is 0.918. The average Bonchev–Trinajstić information content (AvgIpc) is 2.99. The summed E-state index contributed by atoms with van der Waals surface area (Å²) in [6.45, 7) is 2.67. The molecule has 2 aromatic heterocycles. The first-order valence-electron chi connectivity index (χ1n) is 6.19. The number of carbonyl (C=O) groups excluding carboxylic acids is 1. The second-order valence-corrected chi connectivity index (χ2v) is 4.68. The van der Waals surface area contributed by atoms with E-state index in [1.165, 1.54) is 19.4 Å². The lowest BCUT2D eigenvalue weighted by atomic mass is 10.2. The Morgan fingerprint density at radius 3 is 2.71 bits per heavy atom. The van der Waals surface area contributed by atoms with Crippen LogP contribution < -0.4 is 5.32 Å². The molecular weight excluding hydrogens is 298 g/mol. The molecule has 0 saturated heterocycles. The van der Waals surface area contributed by atoms with Gasteiger partial charge in [-0.1, -0.05) is 11.6 Å². The van der Waals surface area contributed by atoms with Crippen molar-refractivity contribution in [1.82, 2.24) is 24.9 Å². The number of carboxylic acid groups (broad SMARTS) is 1. The second-order valence-electron chi connectivity index (χ2n) is 4.27. The fraction of sp³-hybridized carbons (Fsp3) is 0.333. The maximum Gasteiger partial charge on any atom is 0.354 e. The molecule has 0 aliphatic heterocycles. The van der Waals surface area contributed by atoms with Gasteiger partial charge in [0.15, 0.2) is 5.69 Å². The highest BCUT2D eigenvalue weighted by molar-refractivity contribution is 6.31. The minimum Gasteiger partial charge on any atom is -0.477 e. The van der Waals surface area contributed by atoms with Gasteiger partial charge in [-0.3, -0.25) is 14.2 Å². The van der Waals surface area contributed by atoms with Gasteiger partial charge in [0.1, 0.15) is 0 Å². The molecule has 0 aromatic carbocycles. The zero-order valence-electron chi connectivity index (χ0n) is 11.5. The largest absolute Gasteiger partial charge is 0.477 e. The predicted molar refractivity (Wildman–Crippen MR) is 74.2 cm³/mol. The second kappa shape index (κ2) is 5.96. The molecule has 8 nitrogen and oxygen atoms in total. The van der Waals surface area contributed by atoms with Gasteiger partial charge in [-0.15, -0.1) is 0 Å². The molecule has 21 heavy (non-hydrogen) atoms. The molecule has 2 rings (SSSR count). The maximum atomic E-state index is 12.1. The van der Waals surface area contributed by atoms with Crippen molar-refractivity contribution in [2.24, 2.45) is 7.05 Å². The van der Waals surface area contributed by atoms with Crippen LogP contribution in [0.5, 0.6) is 0 Å². The van der Waals surface area contributed by atoms with Crippen LogP contribution in [0.15, 0.2) is 12.4 Å². The van der Waals surface area contributed by atoms with Gasteiger partial charge in [-0.05, 0) is 6.92 Å². The molecule has 2 heterocycles. The van der Waals surface area contributed by atoms with Crippen LogP contribution in [-0.4, -0.2) is 36.5 Å². The van der Waals surface area contributed by atoms with Gasteiger partial charge >= 0.3 is 5.97 Å². The normalized spacial score (nSPS) is 10.6.